The van der Waals surface area contributed by atoms with Crippen molar-refractivity contribution in [2.45, 2.75) is 26.3 Å². The van der Waals surface area contributed by atoms with E-state index in [1.54, 1.807) is 0 Å². The normalized spacial score (nSPS) is 14.6. The molecule has 2 aromatic rings. The summed E-state index contributed by atoms with van der Waals surface area (Å²) in [4.78, 5) is 13.1. The molecule has 0 radical (unpaired) electrons. The molecule has 0 bridgehead atoms. The van der Waals surface area contributed by atoms with Crippen LogP contribution in [0.3, 0.4) is 0 Å². The molecule has 0 aliphatic carbocycles. The number of rotatable bonds is 4. The first-order valence-corrected chi connectivity index (χ1v) is 7.29. The molecule has 3 N–H and O–H groups in total. The van der Waals surface area contributed by atoms with Gasteiger partial charge in [-0.2, -0.15) is 0 Å². The van der Waals surface area contributed by atoms with Crippen LogP contribution < -0.4 is 11.1 Å². The Balaban J connectivity index is 2.24. The molecule has 2 rings (SSSR count). The van der Waals surface area contributed by atoms with Gasteiger partial charge in [-0.05, 0) is 30.4 Å². The number of hydrogen-bond donors (Lipinski definition) is 2. The summed E-state index contributed by atoms with van der Waals surface area (Å²) in [6.45, 7) is 6.56. The molecule has 0 fully saturated rings. The van der Waals surface area contributed by atoms with E-state index < -0.39 is 0 Å². The van der Waals surface area contributed by atoms with Crippen molar-refractivity contribution in [2.24, 2.45) is 11.7 Å². The number of hydrogen-bond acceptors (Lipinski definition) is 3. The predicted molar refractivity (Wildman–Crippen MR) is 81.6 cm³/mol. The molecule has 1 amide bonds. The minimum atomic E-state index is -0.368. The summed E-state index contributed by atoms with van der Waals surface area (Å²) >= 11 is 1.52. The first kappa shape index (κ1) is 14.0. The molecule has 0 aliphatic heterocycles. The van der Waals surface area contributed by atoms with Gasteiger partial charge >= 0.3 is 0 Å². The Hall–Kier alpha value is -1.39. The Labute approximate surface area is 117 Å². The van der Waals surface area contributed by atoms with Gasteiger partial charge in [0.1, 0.15) is 0 Å². The summed E-state index contributed by atoms with van der Waals surface area (Å²) in [5.41, 5.74) is 5.43. The molecular weight excluding hydrogens is 256 g/mol. The number of nitrogens with one attached hydrogen (secondary N) is 1. The van der Waals surface area contributed by atoms with E-state index in [0.717, 1.165) is 15.0 Å². The molecule has 0 spiro atoms. The number of amides is 1. The smallest absolute Gasteiger partial charge is 0.261 e. The van der Waals surface area contributed by atoms with Crippen molar-refractivity contribution in [3.8, 4) is 0 Å². The highest BCUT2D eigenvalue weighted by Crippen LogP contribution is 2.26. The van der Waals surface area contributed by atoms with Gasteiger partial charge < -0.3 is 11.1 Å². The third-order valence-electron chi connectivity index (χ3n) is 3.75. The third-order valence-corrected chi connectivity index (χ3v) is 4.86. The molecule has 1 atom stereocenters. The van der Waals surface area contributed by atoms with Gasteiger partial charge in [0.15, 0.2) is 0 Å². The molecule has 1 heterocycles. The van der Waals surface area contributed by atoms with Crippen LogP contribution >= 0.6 is 11.3 Å². The second kappa shape index (κ2) is 5.31. The van der Waals surface area contributed by atoms with E-state index in [4.69, 9.17) is 5.73 Å². The largest absolute Gasteiger partial charge is 0.345 e. The molecule has 0 saturated heterocycles. The highest BCUT2D eigenvalue weighted by atomic mass is 32.1. The third kappa shape index (κ3) is 2.80. The maximum absolute atomic E-state index is 12.3. The van der Waals surface area contributed by atoms with Gasteiger partial charge in [-0.15, -0.1) is 11.3 Å². The molecular formula is C15H20N2OS. The predicted octanol–water partition coefficient (Wildman–Crippen LogP) is 3.00. The van der Waals surface area contributed by atoms with Gasteiger partial charge in [0.25, 0.3) is 5.91 Å². The number of carbonyl (C=O) groups is 1. The molecule has 0 aliphatic rings. The maximum Gasteiger partial charge on any atom is 0.261 e. The zero-order valence-corrected chi connectivity index (χ0v) is 12.4. The lowest BCUT2D eigenvalue weighted by Gasteiger charge is -2.33. The Morgan fingerprint density at radius 2 is 2.11 bits per heavy atom. The van der Waals surface area contributed by atoms with E-state index in [2.05, 4.69) is 19.2 Å². The van der Waals surface area contributed by atoms with Crippen LogP contribution in [0.15, 0.2) is 30.3 Å². The van der Waals surface area contributed by atoms with E-state index in [-0.39, 0.29) is 17.4 Å². The standard InChI is InChI=1S/C15H20N2OS/c1-10(2)15(3,9-16)17-14(18)13-8-11-6-4-5-7-12(11)19-13/h4-8,10H,9,16H2,1-3H3,(H,17,18). The Morgan fingerprint density at radius 1 is 1.42 bits per heavy atom. The van der Waals surface area contributed by atoms with E-state index in [1.165, 1.54) is 11.3 Å². The van der Waals surface area contributed by atoms with Gasteiger partial charge in [-0.1, -0.05) is 32.0 Å². The van der Waals surface area contributed by atoms with Crippen LogP contribution in [0.4, 0.5) is 0 Å². The average molecular weight is 276 g/mol. The second-order valence-corrected chi connectivity index (χ2v) is 6.46. The maximum atomic E-state index is 12.3. The highest BCUT2D eigenvalue weighted by Gasteiger charge is 2.29. The number of fused-ring (bicyclic) bond motifs is 1. The molecule has 1 unspecified atom stereocenters. The Morgan fingerprint density at radius 3 is 2.68 bits per heavy atom. The van der Waals surface area contributed by atoms with Gasteiger partial charge in [-0.3, -0.25) is 4.79 Å². The van der Waals surface area contributed by atoms with Crippen molar-refractivity contribution in [3.05, 3.63) is 35.2 Å². The van der Waals surface area contributed by atoms with E-state index in [9.17, 15) is 4.79 Å². The van der Waals surface area contributed by atoms with Crippen LogP contribution in [0.25, 0.3) is 10.1 Å². The van der Waals surface area contributed by atoms with Crippen molar-refractivity contribution >= 4 is 27.3 Å². The van der Waals surface area contributed by atoms with Crippen LogP contribution in [0.5, 0.6) is 0 Å². The summed E-state index contributed by atoms with van der Waals surface area (Å²) in [5, 5.41) is 4.17. The van der Waals surface area contributed by atoms with E-state index in [1.807, 2.05) is 37.3 Å². The fourth-order valence-corrected chi connectivity index (χ4v) is 2.80. The molecule has 3 nitrogen and oxygen atoms in total. The molecule has 102 valence electrons. The fourth-order valence-electron chi connectivity index (χ4n) is 1.85. The lowest BCUT2D eigenvalue weighted by Crippen LogP contribution is -2.54. The van der Waals surface area contributed by atoms with Gasteiger partial charge in [-0.25, -0.2) is 0 Å². The van der Waals surface area contributed by atoms with Crippen LogP contribution in [-0.2, 0) is 0 Å². The molecule has 1 aromatic heterocycles. The second-order valence-electron chi connectivity index (χ2n) is 5.38. The first-order valence-electron chi connectivity index (χ1n) is 6.47. The lowest BCUT2D eigenvalue weighted by molar-refractivity contribution is 0.0887. The summed E-state index contributed by atoms with van der Waals surface area (Å²) in [6, 6.07) is 9.95. The van der Waals surface area contributed by atoms with Gasteiger partial charge in [0.05, 0.1) is 10.4 Å². The number of thiophene rings is 1. The average Bonchev–Trinajstić information content (AvgIpc) is 2.82. The highest BCUT2D eigenvalue weighted by molar-refractivity contribution is 7.20. The number of carbonyl (C=O) groups excluding carboxylic acids is 1. The molecule has 19 heavy (non-hydrogen) atoms. The number of benzene rings is 1. The molecule has 4 heteroatoms. The van der Waals surface area contributed by atoms with Crippen molar-refractivity contribution in [3.63, 3.8) is 0 Å². The quantitative estimate of drug-likeness (QED) is 0.902. The first-order chi connectivity index (χ1) is 8.96. The van der Waals surface area contributed by atoms with Crippen LogP contribution in [0.1, 0.15) is 30.4 Å². The number of nitrogens with two attached hydrogens (primary N) is 1. The summed E-state index contributed by atoms with van der Waals surface area (Å²) in [6.07, 6.45) is 0. The van der Waals surface area contributed by atoms with Crippen molar-refractivity contribution in [2.75, 3.05) is 6.54 Å². The minimum absolute atomic E-state index is 0.0390. The topological polar surface area (TPSA) is 55.1 Å². The summed E-state index contributed by atoms with van der Waals surface area (Å²) < 4.78 is 1.13. The van der Waals surface area contributed by atoms with Gasteiger partial charge in [0.2, 0.25) is 0 Å². The van der Waals surface area contributed by atoms with Crippen molar-refractivity contribution < 1.29 is 4.79 Å². The van der Waals surface area contributed by atoms with Crippen molar-refractivity contribution in [1.82, 2.24) is 5.32 Å². The molecule has 1 aromatic carbocycles. The summed E-state index contributed by atoms with van der Waals surface area (Å²) in [5.74, 6) is 0.249. The Kier molecular flexibility index (Phi) is 3.92. The fraction of sp³-hybridized carbons (Fsp3) is 0.400. The Bertz CT molecular complexity index is 558. The van der Waals surface area contributed by atoms with E-state index in [0.29, 0.717) is 6.54 Å². The van der Waals surface area contributed by atoms with Crippen LogP contribution in [0, 0.1) is 5.92 Å². The summed E-state index contributed by atoms with van der Waals surface area (Å²) in [7, 11) is 0. The minimum Gasteiger partial charge on any atom is -0.345 e. The zero-order chi connectivity index (χ0) is 14.0. The monoisotopic (exact) mass is 276 g/mol. The van der Waals surface area contributed by atoms with Crippen LogP contribution in [-0.4, -0.2) is 18.0 Å². The SMILES string of the molecule is CC(C)C(C)(CN)NC(=O)c1cc2ccccc2s1. The lowest BCUT2D eigenvalue weighted by atomic mass is 9.88. The van der Waals surface area contributed by atoms with E-state index >= 15 is 0 Å². The van der Waals surface area contributed by atoms with Gasteiger partial charge in [0, 0.05) is 11.2 Å². The zero-order valence-electron chi connectivity index (χ0n) is 11.6. The van der Waals surface area contributed by atoms with Crippen molar-refractivity contribution in [1.29, 1.82) is 0 Å². The molecule has 0 saturated carbocycles. The van der Waals surface area contributed by atoms with Crippen LogP contribution in [0.2, 0.25) is 0 Å².